The number of ether oxygens (including phenoxy) is 3. The van der Waals surface area contributed by atoms with Crippen LogP contribution in [0.15, 0.2) is 30.3 Å². The fraction of sp³-hybridized carbons (Fsp3) is 0.316. The lowest BCUT2D eigenvalue weighted by Gasteiger charge is -2.20. The minimum atomic E-state index is -4.89. The molecule has 0 spiro atoms. The quantitative estimate of drug-likeness (QED) is 0.422. The Morgan fingerprint density at radius 1 is 1.04 bits per heavy atom. The van der Waals surface area contributed by atoms with Gasteiger partial charge in [-0.05, 0) is 51.5 Å². The van der Waals surface area contributed by atoms with Crippen LogP contribution >= 0.6 is 11.6 Å². The number of hydrogen-bond donors (Lipinski definition) is 0. The highest BCUT2D eigenvalue weighted by molar-refractivity contribution is 6.32. The Morgan fingerprint density at radius 3 is 2.21 bits per heavy atom. The molecule has 0 fully saturated rings. The molecule has 152 valence electrons. The third kappa shape index (κ3) is 6.02. The lowest BCUT2D eigenvalue weighted by molar-refractivity contribution is -0.274. The molecule has 0 bridgehead atoms. The van der Waals surface area contributed by atoms with Crippen molar-refractivity contribution in [1.82, 2.24) is 0 Å². The molecule has 0 aliphatic rings. The third-order valence-electron chi connectivity index (χ3n) is 3.24. The van der Waals surface area contributed by atoms with Gasteiger partial charge in [-0.25, -0.2) is 9.18 Å². The molecular weight excluding hydrogens is 404 g/mol. The standard InChI is InChI=1S/C19H17ClF4O4/c1-10-7-12(17(25)28-18(2,3)4)14(21)9-16(10)26-11-5-6-15(13(20)8-11)27-19(22,23)24/h5-9H,1-4H3. The first-order valence-electron chi connectivity index (χ1n) is 8.02. The van der Waals surface area contributed by atoms with Crippen molar-refractivity contribution in [3.63, 3.8) is 0 Å². The van der Waals surface area contributed by atoms with Gasteiger partial charge in [0, 0.05) is 12.1 Å². The minimum Gasteiger partial charge on any atom is -0.457 e. The van der Waals surface area contributed by atoms with Crippen LogP contribution in [-0.4, -0.2) is 17.9 Å². The van der Waals surface area contributed by atoms with Crippen molar-refractivity contribution in [2.24, 2.45) is 0 Å². The van der Waals surface area contributed by atoms with E-state index in [1.54, 1.807) is 27.7 Å². The summed E-state index contributed by atoms with van der Waals surface area (Å²) in [6.45, 7) is 6.54. The van der Waals surface area contributed by atoms with Gasteiger partial charge in [-0.15, -0.1) is 13.2 Å². The molecule has 0 aliphatic carbocycles. The highest BCUT2D eigenvalue weighted by atomic mass is 35.5. The van der Waals surface area contributed by atoms with Crippen LogP contribution in [0.4, 0.5) is 17.6 Å². The van der Waals surface area contributed by atoms with Crippen LogP contribution < -0.4 is 9.47 Å². The molecule has 2 aromatic rings. The number of aryl methyl sites for hydroxylation is 1. The van der Waals surface area contributed by atoms with Crippen molar-refractivity contribution in [2.75, 3.05) is 0 Å². The van der Waals surface area contributed by atoms with Gasteiger partial charge in [0.2, 0.25) is 0 Å². The summed E-state index contributed by atoms with van der Waals surface area (Å²) in [5, 5.41) is -0.335. The molecule has 2 rings (SSSR count). The van der Waals surface area contributed by atoms with E-state index in [-0.39, 0.29) is 22.1 Å². The highest BCUT2D eigenvalue weighted by Gasteiger charge is 2.32. The molecule has 0 amide bonds. The first-order chi connectivity index (χ1) is 12.7. The van der Waals surface area contributed by atoms with E-state index in [2.05, 4.69) is 4.74 Å². The maximum atomic E-state index is 14.3. The van der Waals surface area contributed by atoms with Crippen molar-refractivity contribution in [2.45, 2.75) is 39.7 Å². The van der Waals surface area contributed by atoms with E-state index in [0.29, 0.717) is 5.56 Å². The fourth-order valence-electron chi connectivity index (χ4n) is 2.14. The molecule has 0 N–H and O–H groups in total. The SMILES string of the molecule is Cc1cc(C(=O)OC(C)(C)C)c(F)cc1Oc1ccc(OC(F)(F)F)c(Cl)c1. The Kier molecular flexibility index (Phi) is 6.13. The highest BCUT2D eigenvalue weighted by Crippen LogP contribution is 2.35. The molecule has 28 heavy (non-hydrogen) atoms. The maximum absolute atomic E-state index is 14.3. The number of benzene rings is 2. The van der Waals surface area contributed by atoms with E-state index in [0.717, 1.165) is 18.2 Å². The van der Waals surface area contributed by atoms with Crippen LogP contribution in [0.3, 0.4) is 0 Å². The number of carbonyl (C=O) groups excluding carboxylic acids is 1. The fourth-order valence-corrected chi connectivity index (χ4v) is 2.35. The Labute approximate surface area is 164 Å². The van der Waals surface area contributed by atoms with Crippen LogP contribution in [0.1, 0.15) is 36.7 Å². The average Bonchev–Trinajstić information content (AvgIpc) is 2.50. The van der Waals surface area contributed by atoms with Gasteiger partial charge < -0.3 is 14.2 Å². The number of esters is 1. The van der Waals surface area contributed by atoms with Crippen molar-refractivity contribution in [1.29, 1.82) is 0 Å². The minimum absolute atomic E-state index is 0.0605. The summed E-state index contributed by atoms with van der Waals surface area (Å²) in [4.78, 5) is 12.1. The van der Waals surface area contributed by atoms with Gasteiger partial charge in [0.1, 0.15) is 28.7 Å². The van der Waals surface area contributed by atoms with E-state index in [4.69, 9.17) is 21.1 Å². The Balaban J connectivity index is 2.24. The predicted octanol–water partition coefficient (Wildman–Crippen LogP) is 6.43. The zero-order chi connectivity index (χ0) is 21.3. The summed E-state index contributed by atoms with van der Waals surface area (Å²) in [6.07, 6.45) is -4.89. The first-order valence-corrected chi connectivity index (χ1v) is 8.39. The summed E-state index contributed by atoms with van der Waals surface area (Å²) in [5.41, 5.74) is -0.635. The van der Waals surface area contributed by atoms with Gasteiger partial charge in [0.15, 0.2) is 0 Å². The zero-order valence-electron chi connectivity index (χ0n) is 15.4. The molecule has 9 heteroatoms. The van der Waals surface area contributed by atoms with Crippen LogP contribution in [0, 0.1) is 12.7 Å². The Morgan fingerprint density at radius 2 is 1.68 bits per heavy atom. The first kappa shape index (κ1) is 21.8. The number of rotatable bonds is 4. The summed E-state index contributed by atoms with van der Waals surface area (Å²) in [6, 6.07) is 5.52. The number of hydrogen-bond acceptors (Lipinski definition) is 4. The molecule has 0 unspecified atom stereocenters. The molecule has 0 aliphatic heterocycles. The zero-order valence-corrected chi connectivity index (χ0v) is 16.2. The van der Waals surface area contributed by atoms with Crippen LogP contribution in [-0.2, 0) is 4.74 Å². The lowest BCUT2D eigenvalue weighted by Crippen LogP contribution is -2.24. The molecule has 0 radical (unpaired) electrons. The topological polar surface area (TPSA) is 44.8 Å². The summed E-state index contributed by atoms with van der Waals surface area (Å²) < 4.78 is 65.6. The number of carbonyl (C=O) groups is 1. The molecule has 4 nitrogen and oxygen atoms in total. The van der Waals surface area contributed by atoms with E-state index < -0.39 is 29.5 Å². The van der Waals surface area contributed by atoms with Crippen molar-refractivity contribution >= 4 is 17.6 Å². The van der Waals surface area contributed by atoms with Gasteiger partial charge in [-0.3, -0.25) is 0 Å². The Hall–Kier alpha value is -2.48. The second kappa shape index (κ2) is 7.87. The summed E-state index contributed by atoms with van der Waals surface area (Å²) >= 11 is 5.76. The average molecular weight is 421 g/mol. The van der Waals surface area contributed by atoms with Gasteiger partial charge in [0.05, 0.1) is 10.6 Å². The molecule has 0 saturated heterocycles. The van der Waals surface area contributed by atoms with Gasteiger partial charge in [-0.1, -0.05) is 11.6 Å². The van der Waals surface area contributed by atoms with Gasteiger partial charge >= 0.3 is 12.3 Å². The van der Waals surface area contributed by atoms with E-state index >= 15 is 0 Å². The molecule has 0 heterocycles. The second-order valence-corrected chi connectivity index (χ2v) is 7.25. The van der Waals surface area contributed by atoms with Crippen molar-refractivity contribution in [3.8, 4) is 17.2 Å². The molecular formula is C19H17ClF4O4. The molecule has 0 aromatic heterocycles. The number of halogens is 5. The monoisotopic (exact) mass is 420 g/mol. The van der Waals surface area contributed by atoms with Gasteiger partial charge in [-0.2, -0.15) is 0 Å². The van der Waals surface area contributed by atoms with Crippen LogP contribution in [0.2, 0.25) is 5.02 Å². The van der Waals surface area contributed by atoms with Crippen LogP contribution in [0.5, 0.6) is 17.2 Å². The second-order valence-electron chi connectivity index (χ2n) is 6.84. The summed E-state index contributed by atoms with van der Waals surface area (Å²) in [5.74, 6) is -2.16. The smallest absolute Gasteiger partial charge is 0.457 e. The van der Waals surface area contributed by atoms with Crippen molar-refractivity contribution < 1.29 is 36.6 Å². The molecule has 0 atom stereocenters. The largest absolute Gasteiger partial charge is 0.573 e. The van der Waals surface area contributed by atoms with E-state index in [1.165, 1.54) is 12.1 Å². The normalized spacial score (nSPS) is 11.9. The molecule has 2 aromatic carbocycles. The van der Waals surface area contributed by atoms with E-state index in [1.807, 2.05) is 0 Å². The predicted molar refractivity (Wildman–Crippen MR) is 94.5 cm³/mol. The maximum Gasteiger partial charge on any atom is 0.573 e. The summed E-state index contributed by atoms with van der Waals surface area (Å²) in [7, 11) is 0. The van der Waals surface area contributed by atoms with Gasteiger partial charge in [0.25, 0.3) is 0 Å². The van der Waals surface area contributed by atoms with Crippen LogP contribution in [0.25, 0.3) is 0 Å². The van der Waals surface area contributed by atoms with E-state index in [9.17, 15) is 22.4 Å². The Bertz CT molecular complexity index is 889. The molecule has 0 saturated carbocycles. The lowest BCUT2D eigenvalue weighted by atomic mass is 10.1. The number of alkyl halides is 3. The van der Waals surface area contributed by atoms with Crippen molar-refractivity contribution in [3.05, 3.63) is 52.3 Å². The third-order valence-corrected chi connectivity index (χ3v) is 3.54.